The van der Waals surface area contributed by atoms with Crippen molar-refractivity contribution in [2.75, 3.05) is 13.7 Å². The van der Waals surface area contributed by atoms with E-state index in [1.165, 1.54) is 0 Å². The Labute approximate surface area is 120 Å². The van der Waals surface area contributed by atoms with E-state index < -0.39 is 0 Å². The van der Waals surface area contributed by atoms with E-state index >= 15 is 0 Å². The van der Waals surface area contributed by atoms with Crippen LogP contribution in [0.2, 0.25) is 0 Å². The third-order valence-electron chi connectivity index (χ3n) is 2.65. The van der Waals surface area contributed by atoms with Crippen molar-refractivity contribution < 1.29 is 19.0 Å². The molecule has 0 bridgehead atoms. The summed E-state index contributed by atoms with van der Waals surface area (Å²) in [6, 6.07) is 3.63. The van der Waals surface area contributed by atoms with Crippen LogP contribution in [-0.2, 0) is 16.0 Å². The van der Waals surface area contributed by atoms with Crippen molar-refractivity contribution in [3.63, 3.8) is 0 Å². The van der Waals surface area contributed by atoms with Gasteiger partial charge in [-0.15, -0.1) is 0 Å². The molecule has 0 radical (unpaired) electrons. The van der Waals surface area contributed by atoms with E-state index in [0.717, 1.165) is 11.1 Å². The van der Waals surface area contributed by atoms with Gasteiger partial charge in [0.05, 0.1) is 26.2 Å². The maximum absolute atomic E-state index is 11.6. The molecule has 0 unspecified atom stereocenters. The lowest BCUT2D eigenvalue weighted by molar-refractivity contribution is -0.142. The number of hydrogen-bond donors (Lipinski definition) is 0. The molecule has 0 spiro atoms. The van der Waals surface area contributed by atoms with Crippen molar-refractivity contribution in [3.8, 4) is 11.5 Å². The molecule has 0 heterocycles. The lowest BCUT2D eigenvalue weighted by atomic mass is 10.0. The van der Waals surface area contributed by atoms with Gasteiger partial charge in [0.2, 0.25) is 0 Å². The molecule has 0 aliphatic carbocycles. The number of methoxy groups -OCH3 is 1. The highest BCUT2D eigenvalue weighted by molar-refractivity contribution is 5.75. The summed E-state index contributed by atoms with van der Waals surface area (Å²) in [6.45, 7) is 9.81. The average Bonchev–Trinajstić information content (AvgIpc) is 2.39. The largest absolute Gasteiger partial charge is 0.493 e. The summed E-state index contributed by atoms with van der Waals surface area (Å²) in [5.41, 5.74) is 1.65. The van der Waals surface area contributed by atoms with Gasteiger partial charge in [0.25, 0.3) is 0 Å². The van der Waals surface area contributed by atoms with Crippen LogP contribution < -0.4 is 9.47 Å². The Morgan fingerprint density at radius 3 is 2.55 bits per heavy atom. The first-order valence-corrected chi connectivity index (χ1v) is 6.67. The molecule has 0 saturated heterocycles. The minimum atomic E-state index is -0.268. The van der Waals surface area contributed by atoms with Crippen LogP contribution in [-0.4, -0.2) is 25.8 Å². The number of benzene rings is 1. The SMILES string of the molecule is C=Cc1cc(OC(C)C)c(OC)cc1CC(=O)OCC. The van der Waals surface area contributed by atoms with Crippen LogP contribution in [0, 0.1) is 0 Å². The molecule has 0 N–H and O–H groups in total. The van der Waals surface area contributed by atoms with E-state index in [9.17, 15) is 4.79 Å². The van der Waals surface area contributed by atoms with Crippen LogP contribution in [0.25, 0.3) is 6.08 Å². The molecule has 20 heavy (non-hydrogen) atoms. The molecule has 0 aliphatic heterocycles. The summed E-state index contributed by atoms with van der Waals surface area (Å²) >= 11 is 0. The predicted molar refractivity (Wildman–Crippen MR) is 79.2 cm³/mol. The molecule has 0 aliphatic rings. The molecule has 1 aromatic rings. The first kappa shape index (κ1) is 16.1. The van der Waals surface area contributed by atoms with Gasteiger partial charge >= 0.3 is 5.97 Å². The summed E-state index contributed by atoms with van der Waals surface area (Å²) in [7, 11) is 1.57. The maximum atomic E-state index is 11.6. The average molecular weight is 278 g/mol. The lowest BCUT2D eigenvalue weighted by Crippen LogP contribution is -2.10. The molecule has 1 aromatic carbocycles. The van der Waals surface area contributed by atoms with Gasteiger partial charge in [0.1, 0.15) is 0 Å². The fourth-order valence-corrected chi connectivity index (χ4v) is 1.83. The summed E-state index contributed by atoms with van der Waals surface area (Å²) in [5, 5.41) is 0. The van der Waals surface area contributed by atoms with Crippen molar-refractivity contribution in [1.29, 1.82) is 0 Å². The molecule has 4 heteroatoms. The maximum Gasteiger partial charge on any atom is 0.310 e. The Morgan fingerprint density at radius 1 is 1.35 bits per heavy atom. The second-order valence-corrected chi connectivity index (χ2v) is 4.55. The van der Waals surface area contributed by atoms with Gasteiger partial charge in [-0.1, -0.05) is 12.7 Å². The predicted octanol–water partition coefficient (Wildman–Crippen LogP) is 3.23. The van der Waals surface area contributed by atoms with Crippen molar-refractivity contribution in [1.82, 2.24) is 0 Å². The van der Waals surface area contributed by atoms with Gasteiger partial charge in [0.15, 0.2) is 11.5 Å². The third kappa shape index (κ3) is 4.30. The standard InChI is InChI=1S/C16H22O4/c1-6-12-8-15(20-11(3)4)14(18-5)9-13(12)10-16(17)19-7-2/h6,8-9,11H,1,7,10H2,2-5H3. The quantitative estimate of drug-likeness (QED) is 0.718. The minimum Gasteiger partial charge on any atom is -0.493 e. The third-order valence-corrected chi connectivity index (χ3v) is 2.65. The minimum absolute atomic E-state index is 0.0393. The molecule has 110 valence electrons. The number of hydrogen-bond acceptors (Lipinski definition) is 4. The highest BCUT2D eigenvalue weighted by atomic mass is 16.5. The zero-order valence-corrected chi connectivity index (χ0v) is 12.6. The van der Waals surface area contributed by atoms with Crippen LogP contribution in [0.4, 0.5) is 0 Å². The fraction of sp³-hybridized carbons (Fsp3) is 0.438. The lowest BCUT2D eigenvalue weighted by Gasteiger charge is -2.16. The zero-order valence-electron chi connectivity index (χ0n) is 12.6. The van der Waals surface area contributed by atoms with E-state index in [1.807, 2.05) is 19.9 Å². The highest BCUT2D eigenvalue weighted by Gasteiger charge is 2.14. The second-order valence-electron chi connectivity index (χ2n) is 4.55. The van der Waals surface area contributed by atoms with Gasteiger partial charge < -0.3 is 14.2 Å². The van der Waals surface area contributed by atoms with Crippen LogP contribution in [0.3, 0.4) is 0 Å². The molecule has 4 nitrogen and oxygen atoms in total. The fourth-order valence-electron chi connectivity index (χ4n) is 1.83. The van der Waals surface area contributed by atoms with Crippen LogP contribution in [0.5, 0.6) is 11.5 Å². The van der Waals surface area contributed by atoms with Crippen molar-refractivity contribution >= 4 is 12.0 Å². The summed E-state index contributed by atoms with van der Waals surface area (Å²) in [4.78, 5) is 11.6. The monoisotopic (exact) mass is 278 g/mol. The van der Waals surface area contributed by atoms with Gasteiger partial charge in [-0.3, -0.25) is 4.79 Å². The van der Waals surface area contributed by atoms with E-state index in [0.29, 0.717) is 18.1 Å². The molecule has 0 aromatic heterocycles. The summed E-state index contributed by atoms with van der Waals surface area (Å²) < 4.78 is 16.0. The van der Waals surface area contributed by atoms with E-state index in [2.05, 4.69) is 6.58 Å². The van der Waals surface area contributed by atoms with Crippen LogP contribution in [0.15, 0.2) is 18.7 Å². The molecule has 0 saturated carbocycles. The first-order valence-electron chi connectivity index (χ1n) is 6.67. The van der Waals surface area contributed by atoms with E-state index in [4.69, 9.17) is 14.2 Å². The molecule has 0 atom stereocenters. The number of carbonyl (C=O) groups is 1. The topological polar surface area (TPSA) is 44.8 Å². The Bertz CT molecular complexity index is 478. The van der Waals surface area contributed by atoms with Gasteiger partial charge in [0, 0.05) is 0 Å². The van der Waals surface area contributed by atoms with Crippen LogP contribution in [0.1, 0.15) is 31.9 Å². The highest BCUT2D eigenvalue weighted by Crippen LogP contribution is 2.32. The van der Waals surface area contributed by atoms with E-state index in [-0.39, 0.29) is 18.5 Å². The molecule has 0 fully saturated rings. The molecule has 0 amide bonds. The number of esters is 1. The zero-order chi connectivity index (χ0) is 15.1. The normalized spacial score (nSPS) is 10.2. The van der Waals surface area contributed by atoms with Crippen LogP contribution >= 0.6 is 0 Å². The van der Waals surface area contributed by atoms with Gasteiger partial charge in [-0.05, 0) is 44.0 Å². The van der Waals surface area contributed by atoms with Gasteiger partial charge in [-0.2, -0.15) is 0 Å². The summed E-state index contributed by atoms with van der Waals surface area (Å²) in [5.74, 6) is 0.976. The first-order chi connectivity index (χ1) is 9.51. The number of rotatable bonds is 7. The van der Waals surface area contributed by atoms with Crippen molar-refractivity contribution in [2.45, 2.75) is 33.3 Å². The van der Waals surface area contributed by atoms with E-state index in [1.54, 1.807) is 26.2 Å². The molecular weight excluding hydrogens is 256 g/mol. The Kier molecular flexibility index (Phi) is 6.10. The smallest absolute Gasteiger partial charge is 0.310 e. The summed E-state index contributed by atoms with van der Waals surface area (Å²) in [6.07, 6.45) is 1.92. The Balaban J connectivity index is 3.11. The molecular formula is C16H22O4. The van der Waals surface area contributed by atoms with Gasteiger partial charge in [-0.25, -0.2) is 0 Å². The van der Waals surface area contributed by atoms with Crippen molar-refractivity contribution in [3.05, 3.63) is 29.8 Å². The number of ether oxygens (including phenoxy) is 3. The Morgan fingerprint density at radius 2 is 2.05 bits per heavy atom. The second kappa shape index (κ2) is 7.58. The molecule has 1 rings (SSSR count). The van der Waals surface area contributed by atoms with Crippen molar-refractivity contribution in [2.24, 2.45) is 0 Å². The Hall–Kier alpha value is -1.97. The number of carbonyl (C=O) groups excluding carboxylic acids is 1.